The van der Waals surface area contributed by atoms with Gasteiger partial charge in [-0.1, -0.05) is 116 Å². The van der Waals surface area contributed by atoms with Crippen LogP contribution in [0.1, 0.15) is 113 Å². The maximum Gasteiger partial charge on any atom is 0.115 e. The standard InChI is InChI=1S/C24H26O2.C21H24O2/c1-23(2,17-8-12-21(25)13-9-17)19-6-5-7-20(16-19)24(3,4)18-10-14-22(26)15-11-18;1-19(2)11-21(17-9-13(22)5-7-15(17)19)12-20(3,4)16-8-6-14(23)10-18(16)21/h5-16,25-26H,1-4H3;5-10,22-23H,11-12H2,1-4H3. The average molecular weight is 655 g/mol. The molecule has 4 nitrogen and oxygen atoms in total. The first-order valence-corrected chi connectivity index (χ1v) is 17.2. The van der Waals surface area contributed by atoms with E-state index in [4.69, 9.17) is 0 Å². The van der Waals surface area contributed by atoms with Crippen LogP contribution in [0.2, 0.25) is 0 Å². The summed E-state index contributed by atoms with van der Waals surface area (Å²) in [5.41, 5.74) is 9.56. The summed E-state index contributed by atoms with van der Waals surface area (Å²) in [4.78, 5) is 0. The number of hydrogen-bond donors (Lipinski definition) is 4. The van der Waals surface area contributed by atoms with Crippen molar-refractivity contribution in [3.8, 4) is 23.0 Å². The fourth-order valence-electron chi connectivity index (χ4n) is 8.71. The van der Waals surface area contributed by atoms with Crippen LogP contribution < -0.4 is 0 Å². The van der Waals surface area contributed by atoms with E-state index in [9.17, 15) is 20.4 Å². The monoisotopic (exact) mass is 654 g/mol. The summed E-state index contributed by atoms with van der Waals surface area (Å²) in [5.74, 6) is 1.22. The third-order valence-electron chi connectivity index (χ3n) is 11.5. The Kier molecular flexibility index (Phi) is 8.17. The molecule has 2 aliphatic carbocycles. The number of hydrogen-bond acceptors (Lipinski definition) is 4. The minimum Gasteiger partial charge on any atom is -0.508 e. The van der Waals surface area contributed by atoms with E-state index in [0.717, 1.165) is 24.0 Å². The number of rotatable bonds is 4. The summed E-state index contributed by atoms with van der Waals surface area (Å²) in [6.07, 6.45) is 2.03. The summed E-state index contributed by atoms with van der Waals surface area (Å²) in [6, 6.07) is 35.2. The first-order chi connectivity index (χ1) is 22.9. The van der Waals surface area contributed by atoms with Gasteiger partial charge < -0.3 is 20.4 Å². The minimum atomic E-state index is -0.172. The van der Waals surface area contributed by atoms with Crippen molar-refractivity contribution < 1.29 is 20.4 Å². The summed E-state index contributed by atoms with van der Waals surface area (Å²) >= 11 is 0. The first-order valence-electron chi connectivity index (χ1n) is 17.2. The summed E-state index contributed by atoms with van der Waals surface area (Å²) in [6.45, 7) is 17.9. The number of phenols is 4. The van der Waals surface area contributed by atoms with Crippen molar-refractivity contribution in [2.24, 2.45) is 0 Å². The molecule has 0 heterocycles. The van der Waals surface area contributed by atoms with Crippen molar-refractivity contribution in [1.29, 1.82) is 0 Å². The number of aromatic hydroxyl groups is 4. The molecule has 2 aliphatic rings. The fourth-order valence-corrected chi connectivity index (χ4v) is 8.71. The lowest BCUT2D eigenvalue weighted by Gasteiger charge is -2.31. The maximum absolute atomic E-state index is 10.1. The second-order valence-corrected chi connectivity index (χ2v) is 16.6. The van der Waals surface area contributed by atoms with Crippen LogP contribution in [-0.4, -0.2) is 20.4 Å². The lowest BCUT2D eigenvalue weighted by atomic mass is 9.72. The minimum absolute atomic E-state index is 0.0617. The molecule has 7 rings (SSSR count). The Morgan fingerprint density at radius 1 is 0.408 bits per heavy atom. The Balaban J connectivity index is 0.000000171. The van der Waals surface area contributed by atoms with Crippen LogP contribution in [0, 0.1) is 0 Å². The van der Waals surface area contributed by atoms with Gasteiger partial charge in [-0.2, -0.15) is 0 Å². The highest BCUT2D eigenvalue weighted by Crippen LogP contribution is 2.63. The molecule has 0 saturated carbocycles. The van der Waals surface area contributed by atoms with Crippen molar-refractivity contribution in [3.05, 3.63) is 154 Å². The van der Waals surface area contributed by atoms with Gasteiger partial charge >= 0.3 is 0 Å². The third kappa shape index (κ3) is 5.96. The van der Waals surface area contributed by atoms with Crippen molar-refractivity contribution >= 4 is 0 Å². The third-order valence-corrected chi connectivity index (χ3v) is 11.5. The lowest BCUT2D eigenvalue weighted by Crippen LogP contribution is -2.26. The van der Waals surface area contributed by atoms with Crippen LogP contribution in [0.15, 0.2) is 109 Å². The van der Waals surface area contributed by atoms with Crippen molar-refractivity contribution in [2.75, 3.05) is 0 Å². The molecule has 1 spiro atoms. The molecular formula is C45H50O4. The van der Waals surface area contributed by atoms with E-state index in [1.54, 1.807) is 36.4 Å². The Hall–Kier alpha value is -4.70. The normalized spacial score (nSPS) is 16.8. The van der Waals surface area contributed by atoms with Crippen LogP contribution in [0.25, 0.3) is 0 Å². The average Bonchev–Trinajstić information content (AvgIpc) is 3.40. The van der Waals surface area contributed by atoms with E-state index in [1.807, 2.05) is 36.4 Å². The Bertz CT molecular complexity index is 1850. The van der Waals surface area contributed by atoms with Crippen LogP contribution in [0.5, 0.6) is 23.0 Å². The Labute approximate surface area is 291 Å². The molecule has 0 saturated heterocycles. The molecule has 0 atom stereocenters. The Morgan fingerprint density at radius 3 is 1.12 bits per heavy atom. The fraction of sp³-hybridized carbons (Fsp3) is 0.333. The van der Waals surface area contributed by atoms with Crippen LogP contribution >= 0.6 is 0 Å². The molecule has 0 aliphatic heterocycles. The van der Waals surface area contributed by atoms with E-state index < -0.39 is 0 Å². The largest absolute Gasteiger partial charge is 0.508 e. The van der Waals surface area contributed by atoms with Crippen molar-refractivity contribution in [2.45, 2.75) is 95.3 Å². The van der Waals surface area contributed by atoms with Gasteiger partial charge in [0.25, 0.3) is 0 Å². The van der Waals surface area contributed by atoms with Crippen molar-refractivity contribution in [3.63, 3.8) is 0 Å². The molecule has 254 valence electrons. The van der Waals surface area contributed by atoms with Gasteiger partial charge in [-0.15, -0.1) is 0 Å². The molecule has 4 heteroatoms. The van der Waals surface area contributed by atoms with Gasteiger partial charge in [0.15, 0.2) is 0 Å². The lowest BCUT2D eigenvalue weighted by molar-refractivity contribution is 0.348. The second kappa shape index (κ2) is 11.7. The molecule has 5 aromatic rings. The SMILES string of the molecule is CC(C)(c1ccc(O)cc1)c1cccc(C(C)(C)c2ccc(O)cc2)c1.CC1(C)CC2(CC(C)(C)c3ccc(O)cc32)c2cc(O)ccc21. The summed E-state index contributed by atoms with van der Waals surface area (Å²) in [7, 11) is 0. The topological polar surface area (TPSA) is 80.9 Å². The van der Waals surface area contributed by atoms with Gasteiger partial charge in [0.2, 0.25) is 0 Å². The molecule has 0 aromatic heterocycles. The van der Waals surface area contributed by atoms with Gasteiger partial charge in [-0.25, -0.2) is 0 Å². The zero-order chi connectivity index (χ0) is 35.6. The van der Waals surface area contributed by atoms with Crippen LogP contribution in [0.3, 0.4) is 0 Å². The van der Waals surface area contributed by atoms with E-state index in [-0.39, 0.29) is 38.6 Å². The molecular weight excluding hydrogens is 604 g/mol. The molecule has 0 radical (unpaired) electrons. The van der Waals surface area contributed by atoms with Crippen molar-refractivity contribution in [1.82, 2.24) is 0 Å². The predicted octanol–water partition coefficient (Wildman–Crippen LogP) is 10.5. The molecule has 0 fully saturated rings. The summed E-state index contributed by atoms with van der Waals surface area (Å²) in [5, 5.41) is 39.3. The zero-order valence-corrected chi connectivity index (χ0v) is 30.1. The molecule has 0 bridgehead atoms. The smallest absolute Gasteiger partial charge is 0.115 e. The number of benzene rings is 5. The quantitative estimate of drug-likeness (QED) is 0.155. The van der Waals surface area contributed by atoms with Crippen LogP contribution in [-0.2, 0) is 27.1 Å². The van der Waals surface area contributed by atoms with E-state index in [1.165, 1.54) is 33.4 Å². The van der Waals surface area contributed by atoms with Gasteiger partial charge in [-0.3, -0.25) is 0 Å². The second-order valence-electron chi connectivity index (χ2n) is 16.6. The zero-order valence-electron chi connectivity index (χ0n) is 30.1. The van der Waals surface area contributed by atoms with Gasteiger partial charge in [0.05, 0.1) is 0 Å². The van der Waals surface area contributed by atoms with Gasteiger partial charge in [0, 0.05) is 16.2 Å². The van der Waals surface area contributed by atoms with E-state index in [0.29, 0.717) is 11.5 Å². The van der Waals surface area contributed by atoms with E-state index in [2.05, 4.69) is 91.8 Å². The first kappa shape index (κ1) is 34.2. The highest BCUT2D eigenvalue weighted by Gasteiger charge is 2.56. The molecule has 0 amide bonds. The molecule has 5 aromatic carbocycles. The highest BCUT2D eigenvalue weighted by atomic mass is 16.3. The van der Waals surface area contributed by atoms with E-state index >= 15 is 0 Å². The molecule has 0 unspecified atom stereocenters. The Morgan fingerprint density at radius 2 is 0.755 bits per heavy atom. The molecule has 49 heavy (non-hydrogen) atoms. The maximum atomic E-state index is 10.1. The predicted molar refractivity (Wildman–Crippen MR) is 199 cm³/mol. The van der Waals surface area contributed by atoms with Gasteiger partial charge in [0.1, 0.15) is 23.0 Å². The number of phenolic OH excluding ortho intramolecular Hbond substituents is 4. The highest BCUT2D eigenvalue weighted by molar-refractivity contribution is 5.61. The van der Waals surface area contributed by atoms with Gasteiger partial charge in [-0.05, 0) is 117 Å². The number of fused-ring (bicyclic) bond motifs is 4. The molecule has 4 N–H and O–H groups in total. The summed E-state index contributed by atoms with van der Waals surface area (Å²) < 4.78 is 0. The van der Waals surface area contributed by atoms with Crippen LogP contribution in [0.4, 0.5) is 0 Å².